The number of amides is 2. The van der Waals surface area contributed by atoms with Crippen LogP contribution in [0.1, 0.15) is 5.76 Å². The number of nitrogens with zero attached hydrogens (tertiary/aromatic N) is 1. The van der Waals surface area contributed by atoms with Gasteiger partial charge in [0.25, 0.3) is 0 Å². The van der Waals surface area contributed by atoms with Crippen molar-refractivity contribution in [3.05, 3.63) is 53.4 Å². The predicted molar refractivity (Wildman–Crippen MR) is 74.5 cm³/mol. The van der Waals surface area contributed by atoms with E-state index >= 15 is 0 Å². The fraction of sp³-hybridized carbons (Fsp3) is 0. The number of anilines is 1. The summed E-state index contributed by atoms with van der Waals surface area (Å²) in [4.78, 5) is 23.1. The number of hydrogen-bond acceptors (Lipinski definition) is 4. The molecule has 0 bridgehead atoms. The van der Waals surface area contributed by atoms with Crippen LogP contribution in [0.2, 0.25) is 5.02 Å². The average molecular weight is 292 g/mol. The van der Waals surface area contributed by atoms with Crippen LogP contribution in [-0.2, 0) is 9.59 Å². The molecule has 2 aromatic rings. The van der Waals surface area contributed by atoms with Crippen molar-refractivity contribution in [3.8, 4) is 0 Å². The van der Waals surface area contributed by atoms with Crippen LogP contribution in [0.15, 0.2) is 52.2 Å². The molecule has 1 aromatic carbocycles. The van der Waals surface area contributed by atoms with Crippen LogP contribution in [-0.4, -0.2) is 18.0 Å². The summed E-state index contributed by atoms with van der Waals surface area (Å²) in [7, 11) is 0. The lowest BCUT2D eigenvalue weighted by Gasteiger charge is -2.05. The summed E-state index contributed by atoms with van der Waals surface area (Å²) in [6.45, 7) is 0. The zero-order valence-electron chi connectivity index (χ0n) is 10.2. The largest absolute Gasteiger partial charge is 0.463 e. The minimum atomic E-state index is -0.910. The molecule has 0 fully saturated rings. The van der Waals surface area contributed by atoms with Crippen LogP contribution in [0, 0.1) is 0 Å². The average Bonchev–Trinajstić information content (AvgIpc) is 2.94. The Morgan fingerprint density at radius 1 is 1.15 bits per heavy atom. The van der Waals surface area contributed by atoms with Gasteiger partial charge in [-0.15, -0.1) is 0 Å². The number of carbonyl (C=O) groups is 2. The Balaban J connectivity index is 1.89. The molecule has 0 aliphatic heterocycles. The lowest BCUT2D eigenvalue weighted by molar-refractivity contribution is -0.136. The zero-order valence-corrected chi connectivity index (χ0v) is 10.9. The van der Waals surface area contributed by atoms with Gasteiger partial charge in [0, 0.05) is 0 Å². The van der Waals surface area contributed by atoms with Gasteiger partial charge in [-0.3, -0.25) is 9.59 Å². The first-order chi connectivity index (χ1) is 9.66. The number of furan rings is 1. The number of nitrogens with one attached hydrogen (secondary N) is 2. The third kappa shape index (κ3) is 3.69. The van der Waals surface area contributed by atoms with Crippen LogP contribution in [0.5, 0.6) is 0 Å². The van der Waals surface area contributed by atoms with E-state index < -0.39 is 11.8 Å². The second-order valence-electron chi connectivity index (χ2n) is 3.65. The van der Waals surface area contributed by atoms with Crippen molar-refractivity contribution in [2.75, 3.05) is 5.32 Å². The minimum Gasteiger partial charge on any atom is -0.463 e. The van der Waals surface area contributed by atoms with Crippen molar-refractivity contribution in [2.45, 2.75) is 0 Å². The Hall–Kier alpha value is -2.60. The topological polar surface area (TPSA) is 83.7 Å². The van der Waals surface area contributed by atoms with E-state index in [1.807, 2.05) is 0 Å². The van der Waals surface area contributed by atoms with E-state index in [0.717, 1.165) is 0 Å². The first kappa shape index (κ1) is 13.8. The molecule has 0 atom stereocenters. The molecular weight excluding hydrogens is 282 g/mol. The molecule has 2 N–H and O–H groups in total. The van der Waals surface area contributed by atoms with Gasteiger partial charge in [-0.1, -0.05) is 23.7 Å². The summed E-state index contributed by atoms with van der Waals surface area (Å²) >= 11 is 5.86. The Bertz CT molecular complexity index is 638. The quantitative estimate of drug-likeness (QED) is 0.515. The van der Waals surface area contributed by atoms with Gasteiger partial charge in [-0.2, -0.15) is 5.10 Å². The predicted octanol–water partition coefficient (Wildman–Crippen LogP) is 2.02. The van der Waals surface area contributed by atoms with Gasteiger partial charge < -0.3 is 9.73 Å². The maximum atomic E-state index is 11.6. The highest BCUT2D eigenvalue weighted by Crippen LogP contribution is 2.20. The van der Waals surface area contributed by atoms with Crippen molar-refractivity contribution in [1.29, 1.82) is 0 Å². The molecule has 2 amide bonds. The lowest BCUT2D eigenvalue weighted by atomic mass is 10.3. The van der Waals surface area contributed by atoms with Gasteiger partial charge >= 0.3 is 11.8 Å². The molecule has 0 aliphatic rings. The van der Waals surface area contributed by atoms with Crippen molar-refractivity contribution < 1.29 is 14.0 Å². The second-order valence-corrected chi connectivity index (χ2v) is 4.06. The van der Waals surface area contributed by atoms with Gasteiger partial charge in [-0.25, -0.2) is 5.43 Å². The molecule has 2 rings (SSSR count). The first-order valence-electron chi connectivity index (χ1n) is 5.59. The molecule has 0 aliphatic carbocycles. The first-order valence-corrected chi connectivity index (χ1v) is 5.97. The third-order valence-corrected chi connectivity index (χ3v) is 2.56. The fourth-order valence-corrected chi connectivity index (χ4v) is 1.49. The highest BCUT2D eigenvalue weighted by molar-refractivity contribution is 6.41. The molecule has 0 radical (unpaired) electrons. The Kier molecular flexibility index (Phi) is 4.52. The molecule has 20 heavy (non-hydrogen) atoms. The van der Waals surface area contributed by atoms with Gasteiger partial charge in [0.2, 0.25) is 0 Å². The third-order valence-electron chi connectivity index (χ3n) is 2.23. The van der Waals surface area contributed by atoms with Gasteiger partial charge in [-0.05, 0) is 24.3 Å². The number of benzene rings is 1. The van der Waals surface area contributed by atoms with E-state index in [2.05, 4.69) is 15.8 Å². The van der Waals surface area contributed by atoms with Crippen LogP contribution >= 0.6 is 11.6 Å². The van der Waals surface area contributed by atoms with E-state index in [-0.39, 0.29) is 0 Å². The lowest BCUT2D eigenvalue weighted by Crippen LogP contribution is -2.32. The number of halogens is 1. The smallest absolute Gasteiger partial charge is 0.329 e. The molecule has 0 saturated carbocycles. The monoisotopic (exact) mass is 291 g/mol. The maximum absolute atomic E-state index is 11.6. The summed E-state index contributed by atoms with van der Waals surface area (Å²) < 4.78 is 4.97. The molecule has 1 aromatic heterocycles. The fourth-order valence-electron chi connectivity index (χ4n) is 1.31. The molecule has 6 nitrogen and oxygen atoms in total. The molecule has 0 spiro atoms. The molecule has 0 unspecified atom stereocenters. The highest BCUT2D eigenvalue weighted by atomic mass is 35.5. The zero-order chi connectivity index (χ0) is 14.4. The van der Waals surface area contributed by atoms with Gasteiger partial charge in [0.15, 0.2) is 0 Å². The van der Waals surface area contributed by atoms with Crippen molar-refractivity contribution >= 4 is 35.3 Å². The standard InChI is InChI=1S/C13H10ClN3O3/c14-10-5-1-2-6-11(10)16-12(18)13(19)17-15-8-9-4-3-7-20-9/h1-8H,(H,16,18)(H,17,19)/b15-8+. The van der Waals surface area contributed by atoms with Crippen molar-refractivity contribution in [1.82, 2.24) is 5.43 Å². The Morgan fingerprint density at radius 3 is 2.65 bits per heavy atom. The second kappa shape index (κ2) is 6.53. The van der Waals surface area contributed by atoms with Crippen LogP contribution in [0.3, 0.4) is 0 Å². The minimum absolute atomic E-state index is 0.340. The molecule has 7 heteroatoms. The maximum Gasteiger partial charge on any atom is 0.329 e. The van der Waals surface area contributed by atoms with E-state index in [1.54, 1.807) is 36.4 Å². The van der Waals surface area contributed by atoms with Gasteiger partial charge in [0.1, 0.15) is 5.76 Å². The van der Waals surface area contributed by atoms with E-state index in [1.165, 1.54) is 12.5 Å². The molecule has 0 saturated heterocycles. The number of rotatable bonds is 3. The summed E-state index contributed by atoms with van der Waals surface area (Å²) in [6, 6.07) is 9.91. The van der Waals surface area contributed by atoms with E-state index in [0.29, 0.717) is 16.5 Å². The molecule has 102 valence electrons. The Labute approximate surface area is 119 Å². The number of para-hydroxylation sites is 1. The van der Waals surface area contributed by atoms with Crippen molar-refractivity contribution in [3.63, 3.8) is 0 Å². The summed E-state index contributed by atoms with van der Waals surface area (Å²) in [5.41, 5.74) is 2.43. The summed E-state index contributed by atoms with van der Waals surface area (Å²) in [6.07, 6.45) is 2.74. The number of carbonyl (C=O) groups excluding carboxylic acids is 2. The van der Waals surface area contributed by atoms with E-state index in [9.17, 15) is 9.59 Å². The summed E-state index contributed by atoms with van der Waals surface area (Å²) in [5, 5.41) is 6.30. The van der Waals surface area contributed by atoms with E-state index in [4.69, 9.17) is 16.0 Å². The van der Waals surface area contributed by atoms with Crippen molar-refractivity contribution in [2.24, 2.45) is 5.10 Å². The van der Waals surface area contributed by atoms with Crippen LogP contribution < -0.4 is 10.7 Å². The number of hydrogen-bond donors (Lipinski definition) is 2. The number of hydrazone groups is 1. The van der Waals surface area contributed by atoms with Crippen LogP contribution in [0.4, 0.5) is 5.69 Å². The summed E-state index contributed by atoms with van der Waals surface area (Å²) in [5.74, 6) is -1.32. The molecule has 1 heterocycles. The SMILES string of the molecule is O=C(N/N=C/c1ccco1)C(=O)Nc1ccccc1Cl. The highest BCUT2D eigenvalue weighted by Gasteiger charge is 2.13. The van der Waals surface area contributed by atoms with Gasteiger partial charge in [0.05, 0.1) is 23.2 Å². The normalized spacial score (nSPS) is 10.4. The molecular formula is C13H10ClN3O3. The Morgan fingerprint density at radius 2 is 1.95 bits per heavy atom. The van der Waals surface area contributed by atoms with Crippen LogP contribution in [0.25, 0.3) is 0 Å².